The van der Waals surface area contributed by atoms with Gasteiger partial charge in [0, 0.05) is 12.5 Å². The van der Waals surface area contributed by atoms with Crippen LogP contribution >= 0.6 is 0 Å². The summed E-state index contributed by atoms with van der Waals surface area (Å²) in [6.07, 6.45) is -0.687. The van der Waals surface area contributed by atoms with Gasteiger partial charge in [0.2, 0.25) is 0 Å². The molecule has 2 aromatic carbocycles. The standard InChI is InChI=1S/C16H18FNO/c1-11-2-4-12(5-3-11)16(15(19)10-18)13-6-8-14(17)9-7-13/h2-9,15-16,19H,10,18H2,1H3. The Morgan fingerprint density at radius 3 is 1.95 bits per heavy atom. The molecule has 0 bridgehead atoms. The average molecular weight is 259 g/mol. The van der Waals surface area contributed by atoms with Gasteiger partial charge in [-0.2, -0.15) is 0 Å². The van der Waals surface area contributed by atoms with E-state index in [1.165, 1.54) is 12.1 Å². The number of hydrogen-bond acceptors (Lipinski definition) is 2. The number of nitrogens with two attached hydrogens (primary N) is 1. The van der Waals surface area contributed by atoms with Gasteiger partial charge in [0.1, 0.15) is 5.82 Å². The highest BCUT2D eigenvalue weighted by atomic mass is 19.1. The lowest BCUT2D eigenvalue weighted by Crippen LogP contribution is -2.28. The van der Waals surface area contributed by atoms with Crippen molar-refractivity contribution in [2.75, 3.05) is 6.54 Å². The second kappa shape index (κ2) is 5.95. The first-order chi connectivity index (χ1) is 9.11. The van der Waals surface area contributed by atoms with Crippen molar-refractivity contribution in [1.29, 1.82) is 0 Å². The minimum atomic E-state index is -0.687. The van der Waals surface area contributed by atoms with Crippen LogP contribution in [0.2, 0.25) is 0 Å². The van der Waals surface area contributed by atoms with Crippen LogP contribution in [-0.4, -0.2) is 17.8 Å². The van der Waals surface area contributed by atoms with Gasteiger partial charge < -0.3 is 10.8 Å². The SMILES string of the molecule is Cc1ccc(C(c2ccc(F)cc2)C(O)CN)cc1. The lowest BCUT2D eigenvalue weighted by molar-refractivity contribution is 0.164. The van der Waals surface area contributed by atoms with E-state index in [9.17, 15) is 9.50 Å². The van der Waals surface area contributed by atoms with Crippen molar-refractivity contribution >= 4 is 0 Å². The molecule has 0 radical (unpaired) electrons. The molecule has 0 aromatic heterocycles. The molecule has 100 valence electrons. The van der Waals surface area contributed by atoms with Crippen LogP contribution in [0.25, 0.3) is 0 Å². The lowest BCUT2D eigenvalue weighted by Gasteiger charge is -2.23. The van der Waals surface area contributed by atoms with E-state index in [0.717, 1.165) is 16.7 Å². The molecule has 0 aliphatic heterocycles. The molecule has 3 N–H and O–H groups in total. The van der Waals surface area contributed by atoms with E-state index < -0.39 is 6.10 Å². The number of benzene rings is 2. The molecule has 2 rings (SSSR count). The quantitative estimate of drug-likeness (QED) is 0.886. The number of aryl methyl sites for hydroxylation is 1. The molecule has 0 fully saturated rings. The van der Waals surface area contributed by atoms with Gasteiger partial charge in [-0.3, -0.25) is 0 Å². The van der Waals surface area contributed by atoms with E-state index in [-0.39, 0.29) is 18.3 Å². The molecule has 0 saturated carbocycles. The van der Waals surface area contributed by atoms with Crippen LogP contribution in [0.5, 0.6) is 0 Å². The topological polar surface area (TPSA) is 46.2 Å². The molecular weight excluding hydrogens is 241 g/mol. The summed E-state index contributed by atoms with van der Waals surface area (Å²) in [5.41, 5.74) is 8.59. The molecule has 3 heteroatoms. The van der Waals surface area contributed by atoms with Crippen molar-refractivity contribution in [3.63, 3.8) is 0 Å². The molecule has 2 nitrogen and oxygen atoms in total. The Bertz CT molecular complexity index is 476. The predicted octanol–water partition coefficient (Wildman–Crippen LogP) is 2.59. The summed E-state index contributed by atoms with van der Waals surface area (Å²) in [5.74, 6) is -0.514. The summed E-state index contributed by atoms with van der Waals surface area (Å²) in [6, 6.07) is 14.1. The molecule has 0 heterocycles. The van der Waals surface area contributed by atoms with Crippen LogP contribution in [0, 0.1) is 12.7 Å². The van der Waals surface area contributed by atoms with E-state index >= 15 is 0 Å². The van der Waals surface area contributed by atoms with E-state index in [4.69, 9.17) is 5.73 Å². The van der Waals surface area contributed by atoms with Gasteiger partial charge in [-0.1, -0.05) is 42.0 Å². The number of hydrogen-bond donors (Lipinski definition) is 2. The second-order valence-corrected chi connectivity index (χ2v) is 4.74. The summed E-state index contributed by atoms with van der Waals surface area (Å²) in [6.45, 7) is 2.17. The zero-order valence-electron chi connectivity index (χ0n) is 10.9. The number of rotatable bonds is 4. The van der Waals surface area contributed by atoms with Gasteiger partial charge in [-0.25, -0.2) is 4.39 Å². The van der Waals surface area contributed by atoms with Gasteiger partial charge in [0.15, 0.2) is 0 Å². The fraction of sp³-hybridized carbons (Fsp3) is 0.250. The molecule has 2 unspecified atom stereocenters. The summed E-state index contributed by atoms with van der Waals surface area (Å²) < 4.78 is 13.0. The highest BCUT2D eigenvalue weighted by Crippen LogP contribution is 2.28. The lowest BCUT2D eigenvalue weighted by atomic mass is 9.86. The molecule has 0 aliphatic carbocycles. The van der Waals surface area contributed by atoms with E-state index in [1.807, 2.05) is 31.2 Å². The first-order valence-electron chi connectivity index (χ1n) is 6.32. The first-order valence-corrected chi connectivity index (χ1v) is 6.32. The number of halogens is 1. The maximum absolute atomic E-state index is 13.0. The third kappa shape index (κ3) is 3.19. The van der Waals surface area contributed by atoms with Gasteiger partial charge >= 0.3 is 0 Å². The van der Waals surface area contributed by atoms with Crippen molar-refractivity contribution in [3.8, 4) is 0 Å². The fourth-order valence-corrected chi connectivity index (χ4v) is 2.22. The Balaban J connectivity index is 2.41. The molecule has 19 heavy (non-hydrogen) atoms. The van der Waals surface area contributed by atoms with Gasteiger partial charge in [0.05, 0.1) is 6.10 Å². The zero-order chi connectivity index (χ0) is 13.8. The molecule has 2 aromatic rings. The van der Waals surface area contributed by atoms with Crippen molar-refractivity contribution < 1.29 is 9.50 Å². The van der Waals surface area contributed by atoms with E-state index in [1.54, 1.807) is 12.1 Å². The average Bonchev–Trinajstić information content (AvgIpc) is 2.43. The zero-order valence-corrected chi connectivity index (χ0v) is 10.9. The molecular formula is C16H18FNO. The minimum absolute atomic E-state index is 0.163. The molecule has 0 spiro atoms. The highest BCUT2D eigenvalue weighted by molar-refractivity contribution is 5.35. The Kier molecular flexibility index (Phi) is 4.30. The molecule has 0 aliphatic rings. The van der Waals surface area contributed by atoms with Gasteiger partial charge in [0.25, 0.3) is 0 Å². The predicted molar refractivity (Wildman–Crippen MR) is 74.5 cm³/mol. The maximum atomic E-state index is 13.0. The largest absolute Gasteiger partial charge is 0.391 e. The van der Waals surface area contributed by atoms with Crippen LogP contribution in [0.1, 0.15) is 22.6 Å². The number of aliphatic hydroxyl groups is 1. The molecule has 0 amide bonds. The Hall–Kier alpha value is -1.71. The van der Waals surface area contributed by atoms with Crippen molar-refractivity contribution in [1.82, 2.24) is 0 Å². The van der Waals surface area contributed by atoms with Crippen LogP contribution in [-0.2, 0) is 0 Å². The van der Waals surface area contributed by atoms with Gasteiger partial charge in [-0.15, -0.1) is 0 Å². The van der Waals surface area contributed by atoms with Crippen LogP contribution in [0.3, 0.4) is 0 Å². The third-order valence-electron chi connectivity index (χ3n) is 3.29. The normalized spacial score (nSPS) is 14.1. The second-order valence-electron chi connectivity index (χ2n) is 4.74. The third-order valence-corrected chi connectivity index (χ3v) is 3.29. The van der Waals surface area contributed by atoms with Gasteiger partial charge in [-0.05, 0) is 30.2 Å². The maximum Gasteiger partial charge on any atom is 0.123 e. The van der Waals surface area contributed by atoms with E-state index in [2.05, 4.69) is 0 Å². The monoisotopic (exact) mass is 259 g/mol. The summed E-state index contributed by atoms with van der Waals surface area (Å²) >= 11 is 0. The fourth-order valence-electron chi connectivity index (χ4n) is 2.22. The highest BCUT2D eigenvalue weighted by Gasteiger charge is 2.21. The molecule has 0 saturated heterocycles. The molecule has 2 atom stereocenters. The van der Waals surface area contributed by atoms with Crippen molar-refractivity contribution in [3.05, 3.63) is 71.0 Å². The van der Waals surface area contributed by atoms with Crippen LogP contribution in [0.4, 0.5) is 4.39 Å². The number of aliphatic hydroxyl groups excluding tert-OH is 1. The smallest absolute Gasteiger partial charge is 0.123 e. The van der Waals surface area contributed by atoms with Crippen molar-refractivity contribution in [2.24, 2.45) is 5.73 Å². The minimum Gasteiger partial charge on any atom is -0.391 e. The Morgan fingerprint density at radius 2 is 1.47 bits per heavy atom. The van der Waals surface area contributed by atoms with E-state index in [0.29, 0.717) is 0 Å². The Labute approximate surface area is 112 Å². The Morgan fingerprint density at radius 1 is 1.00 bits per heavy atom. The van der Waals surface area contributed by atoms with Crippen LogP contribution in [0.15, 0.2) is 48.5 Å². The summed E-state index contributed by atoms with van der Waals surface area (Å²) in [7, 11) is 0. The van der Waals surface area contributed by atoms with Crippen molar-refractivity contribution in [2.45, 2.75) is 18.9 Å². The summed E-state index contributed by atoms with van der Waals surface area (Å²) in [5, 5.41) is 10.1. The van der Waals surface area contributed by atoms with Crippen LogP contribution < -0.4 is 5.73 Å². The first kappa shape index (κ1) is 13.7. The summed E-state index contributed by atoms with van der Waals surface area (Å²) in [4.78, 5) is 0.